The number of carbonyl (C=O) groups is 2. The number of hydrogen-bond acceptors (Lipinski definition) is 6. The van der Waals surface area contributed by atoms with Crippen LogP contribution in [0.1, 0.15) is 16.8 Å². The van der Waals surface area contributed by atoms with Gasteiger partial charge in [0.1, 0.15) is 5.75 Å². The Morgan fingerprint density at radius 2 is 1.74 bits per heavy atom. The molecule has 0 aliphatic carbocycles. The molecule has 2 amide bonds. The first-order valence-electron chi connectivity index (χ1n) is 10.4. The van der Waals surface area contributed by atoms with Crippen LogP contribution in [-0.4, -0.2) is 70.4 Å². The van der Waals surface area contributed by atoms with E-state index in [4.69, 9.17) is 9.47 Å². The topological polar surface area (TPSA) is 83.1 Å². The largest absolute Gasteiger partial charge is 0.497 e. The fourth-order valence-electron chi connectivity index (χ4n) is 3.54. The summed E-state index contributed by atoms with van der Waals surface area (Å²) in [6, 6.07) is 14.6. The first-order chi connectivity index (χ1) is 15.1. The van der Waals surface area contributed by atoms with E-state index in [0.29, 0.717) is 17.8 Å². The molecule has 1 aliphatic heterocycles. The van der Waals surface area contributed by atoms with Gasteiger partial charge < -0.3 is 25.0 Å². The number of benzene rings is 2. The van der Waals surface area contributed by atoms with E-state index in [1.165, 1.54) is 12.8 Å². The Hall–Kier alpha value is -3.26. The summed E-state index contributed by atoms with van der Waals surface area (Å²) in [5.74, 6) is 0.436. The molecule has 2 aromatic carbocycles. The molecule has 2 N–H and O–H groups in total. The number of hydrogen-bond donors (Lipinski definition) is 2. The minimum Gasteiger partial charge on any atom is -0.497 e. The summed E-state index contributed by atoms with van der Waals surface area (Å²) in [7, 11) is 3.00. The van der Waals surface area contributed by atoms with Crippen LogP contribution in [0.15, 0.2) is 48.5 Å². The van der Waals surface area contributed by atoms with Gasteiger partial charge in [0.2, 0.25) is 0 Å². The first kappa shape index (κ1) is 22.4. The smallest absolute Gasteiger partial charge is 0.337 e. The molecule has 0 saturated carbocycles. The Bertz CT molecular complexity index is 864. The van der Waals surface area contributed by atoms with Crippen LogP contribution < -0.4 is 20.3 Å². The highest BCUT2D eigenvalue weighted by molar-refractivity contribution is 5.93. The predicted octanol–water partition coefficient (Wildman–Crippen LogP) is 2.82. The van der Waals surface area contributed by atoms with E-state index < -0.39 is 5.97 Å². The maximum absolute atomic E-state index is 12.1. The van der Waals surface area contributed by atoms with Gasteiger partial charge in [0, 0.05) is 44.1 Å². The van der Waals surface area contributed by atoms with Crippen molar-refractivity contribution < 1.29 is 19.1 Å². The number of methoxy groups -OCH3 is 2. The van der Waals surface area contributed by atoms with E-state index in [1.807, 2.05) is 12.1 Å². The van der Waals surface area contributed by atoms with E-state index in [0.717, 1.165) is 44.9 Å². The van der Waals surface area contributed by atoms with E-state index in [1.54, 1.807) is 31.4 Å². The maximum atomic E-state index is 12.1. The summed E-state index contributed by atoms with van der Waals surface area (Å²) in [6.07, 6.45) is 0.873. The molecule has 31 heavy (non-hydrogen) atoms. The number of rotatable bonds is 8. The van der Waals surface area contributed by atoms with E-state index in [9.17, 15) is 9.59 Å². The Balaban J connectivity index is 1.33. The lowest BCUT2D eigenvalue weighted by Crippen LogP contribution is -2.47. The van der Waals surface area contributed by atoms with E-state index in [2.05, 4.69) is 32.6 Å². The number of piperazine rings is 1. The second-order valence-corrected chi connectivity index (χ2v) is 7.33. The molecular formula is C23H30N4O4. The van der Waals surface area contributed by atoms with Gasteiger partial charge in [-0.2, -0.15) is 0 Å². The SMILES string of the molecule is COC(=O)c1cccc(NC(=O)NCCCN2CCN(c3ccc(OC)cc3)CC2)c1. The van der Waals surface area contributed by atoms with Crippen molar-refractivity contribution in [2.24, 2.45) is 0 Å². The molecule has 0 unspecified atom stereocenters. The zero-order valence-corrected chi connectivity index (χ0v) is 18.1. The molecular weight excluding hydrogens is 396 g/mol. The summed E-state index contributed by atoms with van der Waals surface area (Å²) in [4.78, 5) is 28.5. The van der Waals surface area contributed by atoms with Crippen molar-refractivity contribution >= 4 is 23.4 Å². The molecule has 3 rings (SSSR count). The molecule has 0 bridgehead atoms. The van der Waals surface area contributed by atoms with Crippen LogP contribution in [-0.2, 0) is 4.74 Å². The number of anilines is 2. The van der Waals surface area contributed by atoms with Crippen molar-refractivity contribution in [2.75, 3.05) is 63.7 Å². The third-order valence-corrected chi connectivity index (χ3v) is 5.29. The van der Waals surface area contributed by atoms with Gasteiger partial charge in [-0.05, 0) is 55.4 Å². The van der Waals surface area contributed by atoms with Gasteiger partial charge in [-0.1, -0.05) is 6.07 Å². The number of urea groups is 1. The minimum atomic E-state index is -0.434. The molecule has 0 radical (unpaired) electrons. The maximum Gasteiger partial charge on any atom is 0.337 e. The van der Waals surface area contributed by atoms with Gasteiger partial charge in [-0.15, -0.1) is 0 Å². The summed E-state index contributed by atoms with van der Waals surface area (Å²) >= 11 is 0. The van der Waals surface area contributed by atoms with Gasteiger partial charge in [0.25, 0.3) is 0 Å². The van der Waals surface area contributed by atoms with Crippen LogP contribution in [0.2, 0.25) is 0 Å². The zero-order valence-electron chi connectivity index (χ0n) is 18.1. The number of nitrogens with zero attached hydrogens (tertiary/aromatic N) is 2. The lowest BCUT2D eigenvalue weighted by atomic mass is 10.2. The molecule has 2 aromatic rings. The predicted molar refractivity (Wildman–Crippen MR) is 121 cm³/mol. The van der Waals surface area contributed by atoms with Gasteiger partial charge >= 0.3 is 12.0 Å². The van der Waals surface area contributed by atoms with Crippen LogP contribution in [0.4, 0.5) is 16.2 Å². The Labute approximate surface area is 183 Å². The molecule has 1 aliphatic rings. The molecule has 166 valence electrons. The van der Waals surface area contributed by atoms with Crippen molar-refractivity contribution in [2.45, 2.75) is 6.42 Å². The monoisotopic (exact) mass is 426 g/mol. The van der Waals surface area contributed by atoms with Gasteiger partial charge in [0.05, 0.1) is 19.8 Å². The Morgan fingerprint density at radius 3 is 2.42 bits per heavy atom. The van der Waals surface area contributed by atoms with E-state index in [-0.39, 0.29) is 6.03 Å². The number of carbonyl (C=O) groups excluding carboxylic acids is 2. The van der Waals surface area contributed by atoms with E-state index >= 15 is 0 Å². The highest BCUT2D eigenvalue weighted by atomic mass is 16.5. The zero-order chi connectivity index (χ0) is 22.1. The lowest BCUT2D eigenvalue weighted by molar-refractivity contribution is 0.0600. The molecule has 1 fully saturated rings. The van der Waals surface area contributed by atoms with Crippen LogP contribution in [0.3, 0.4) is 0 Å². The highest BCUT2D eigenvalue weighted by Crippen LogP contribution is 2.20. The lowest BCUT2D eigenvalue weighted by Gasteiger charge is -2.36. The van der Waals surface area contributed by atoms with Crippen molar-refractivity contribution in [3.63, 3.8) is 0 Å². The average Bonchev–Trinajstić information content (AvgIpc) is 2.82. The standard InChI is InChI=1S/C23H30N4O4/c1-30-21-9-7-20(8-10-21)27-15-13-26(14-16-27)12-4-11-24-23(29)25-19-6-3-5-18(17-19)22(28)31-2/h3,5-10,17H,4,11-16H2,1-2H3,(H2,24,25,29). The van der Waals surface area contributed by atoms with Crippen LogP contribution in [0.5, 0.6) is 5.75 Å². The summed E-state index contributed by atoms with van der Waals surface area (Å²) < 4.78 is 9.91. The minimum absolute atomic E-state index is 0.286. The molecule has 0 aromatic heterocycles. The van der Waals surface area contributed by atoms with Crippen molar-refractivity contribution in [1.29, 1.82) is 0 Å². The fourth-order valence-corrected chi connectivity index (χ4v) is 3.54. The Kier molecular flexibility index (Phi) is 8.12. The molecule has 0 atom stereocenters. The van der Waals surface area contributed by atoms with Crippen LogP contribution in [0, 0.1) is 0 Å². The molecule has 1 heterocycles. The quantitative estimate of drug-likeness (QED) is 0.499. The van der Waals surface area contributed by atoms with Crippen molar-refractivity contribution in [3.8, 4) is 5.75 Å². The number of ether oxygens (including phenoxy) is 2. The van der Waals surface area contributed by atoms with Gasteiger partial charge in [-0.25, -0.2) is 9.59 Å². The fraction of sp³-hybridized carbons (Fsp3) is 0.391. The van der Waals surface area contributed by atoms with Crippen LogP contribution in [0.25, 0.3) is 0 Å². The third-order valence-electron chi connectivity index (χ3n) is 5.29. The van der Waals surface area contributed by atoms with Crippen molar-refractivity contribution in [3.05, 3.63) is 54.1 Å². The summed E-state index contributed by atoms with van der Waals surface area (Å²) in [5, 5.41) is 5.61. The molecule has 1 saturated heterocycles. The number of amides is 2. The second kappa shape index (κ2) is 11.2. The normalized spacial score (nSPS) is 14.1. The third kappa shape index (κ3) is 6.62. The van der Waals surface area contributed by atoms with Crippen molar-refractivity contribution in [1.82, 2.24) is 10.2 Å². The van der Waals surface area contributed by atoms with Gasteiger partial charge in [0.15, 0.2) is 0 Å². The summed E-state index contributed by atoms with van der Waals surface area (Å²) in [5.41, 5.74) is 2.17. The Morgan fingerprint density at radius 1 is 1.00 bits per heavy atom. The number of esters is 1. The molecule has 8 heteroatoms. The summed E-state index contributed by atoms with van der Waals surface area (Å²) in [6.45, 7) is 5.49. The number of nitrogens with one attached hydrogen (secondary N) is 2. The average molecular weight is 427 g/mol. The molecule has 0 spiro atoms. The van der Waals surface area contributed by atoms with Gasteiger partial charge in [-0.3, -0.25) is 4.90 Å². The van der Waals surface area contributed by atoms with Crippen LogP contribution >= 0.6 is 0 Å². The first-order valence-corrected chi connectivity index (χ1v) is 10.4. The molecule has 8 nitrogen and oxygen atoms in total. The second-order valence-electron chi connectivity index (χ2n) is 7.33. The highest BCUT2D eigenvalue weighted by Gasteiger charge is 2.17.